The largest absolute Gasteiger partial charge is 0.444 e. The summed E-state index contributed by atoms with van der Waals surface area (Å²) in [4.78, 5) is 16.4. The molecule has 0 spiro atoms. The van der Waals surface area contributed by atoms with Gasteiger partial charge >= 0.3 is 6.09 Å². The Hall–Kier alpha value is -3.82. The van der Waals surface area contributed by atoms with E-state index in [1.54, 1.807) is 67.9 Å². The van der Waals surface area contributed by atoms with Crippen molar-refractivity contribution in [1.29, 1.82) is 0 Å². The number of ether oxygens (including phenoxy) is 1. The zero-order chi connectivity index (χ0) is 23.0. The van der Waals surface area contributed by atoms with E-state index in [0.29, 0.717) is 16.8 Å². The van der Waals surface area contributed by atoms with Gasteiger partial charge in [-0.25, -0.2) is 23.1 Å². The third-order valence-electron chi connectivity index (χ3n) is 4.63. The zero-order valence-electron chi connectivity index (χ0n) is 18.1. The van der Waals surface area contributed by atoms with Crippen LogP contribution in [0.2, 0.25) is 0 Å². The van der Waals surface area contributed by atoms with Gasteiger partial charge in [-0.15, -0.1) is 0 Å². The maximum Gasteiger partial charge on any atom is 0.407 e. The Morgan fingerprint density at radius 3 is 2.59 bits per heavy atom. The molecule has 3 aromatic heterocycles. The van der Waals surface area contributed by atoms with Crippen molar-refractivity contribution in [3.8, 4) is 22.5 Å². The topological polar surface area (TPSA) is 86.3 Å². The second-order valence-electron chi connectivity index (χ2n) is 8.29. The van der Waals surface area contributed by atoms with E-state index in [1.165, 1.54) is 12.1 Å². The van der Waals surface area contributed by atoms with Crippen LogP contribution in [0, 0.1) is 11.6 Å². The molecule has 10 heteroatoms. The molecule has 166 valence electrons. The molecule has 0 aliphatic carbocycles. The molecule has 0 fully saturated rings. The first-order valence-corrected chi connectivity index (χ1v) is 9.90. The highest BCUT2D eigenvalue weighted by Crippen LogP contribution is 2.30. The van der Waals surface area contributed by atoms with E-state index in [4.69, 9.17) is 4.74 Å². The fourth-order valence-corrected chi connectivity index (χ4v) is 3.21. The van der Waals surface area contributed by atoms with Crippen LogP contribution in [0.3, 0.4) is 0 Å². The van der Waals surface area contributed by atoms with Crippen molar-refractivity contribution < 1.29 is 18.3 Å². The standard InChI is InChI=1S/C22H22F2N6O2/c1-22(2,3)32-21(31)25-9-13-5-6-15(19(24)18(13)23)20-17-7-8-26-30(17)12-16(28-20)14-10-27-29(4)11-14/h5-8,10-12H,9H2,1-4H3,(H,25,31). The van der Waals surface area contributed by atoms with E-state index < -0.39 is 23.3 Å². The van der Waals surface area contributed by atoms with Crippen LogP contribution in [0.1, 0.15) is 26.3 Å². The van der Waals surface area contributed by atoms with Gasteiger partial charge in [-0.05, 0) is 32.9 Å². The lowest BCUT2D eigenvalue weighted by Gasteiger charge is -2.19. The van der Waals surface area contributed by atoms with Gasteiger partial charge in [0.05, 0.1) is 35.5 Å². The fraction of sp³-hybridized carbons (Fsp3) is 0.273. The number of hydrogen-bond acceptors (Lipinski definition) is 5. The first-order valence-electron chi connectivity index (χ1n) is 9.90. The number of aryl methyl sites for hydroxylation is 1. The van der Waals surface area contributed by atoms with Crippen LogP contribution < -0.4 is 5.32 Å². The van der Waals surface area contributed by atoms with Crippen LogP contribution >= 0.6 is 0 Å². The molecule has 32 heavy (non-hydrogen) atoms. The van der Waals surface area contributed by atoms with Gasteiger partial charge in [-0.3, -0.25) is 4.68 Å². The minimum atomic E-state index is -1.06. The summed E-state index contributed by atoms with van der Waals surface area (Å²) in [5.74, 6) is -2.13. The van der Waals surface area contributed by atoms with Crippen LogP contribution in [-0.2, 0) is 18.3 Å². The Kier molecular flexibility index (Phi) is 5.37. The van der Waals surface area contributed by atoms with Crippen molar-refractivity contribution in [2.45, 2.75) is 32.9 Å². The molecule has 0 radical (unpaired) electrons. The molecule has 8 nitrogen and oxygen atoms in total. The zero-order valence-corrected chi connectivity index (χ0v) is 18.1. The maximum atomic E-state index is 15.1. The number of carbonyl (C=O) groups is 1. The highest BCUT2D eigenvalue weighted by atomic mass is 19.2. The third-order valence-corrected chi connectivity index (χ3v) is 4.63. The smallest absolute Gasteiger partial charge is 0.407 e. The van der Waals surface area contributed by atoms with Crippen LogP contribution in [0.5, 0.6) is 0 Å². The van der Waals surface area contributed by atoms with E-state index in [9.17, 15) is 9.18 Å². The molecule has 0 atom stereocenters. The van der Waals surface area contributed by atoms with E-state index in [-0.39, 0.29) is 23.4 Å². The maximum absolute atomic E-state index is 15.1. The quantitative estimate of drug-likeness (QED) is 0.516. The van der Waals surface area contributed by atoms with Crippen LogP contribution in [-0.4, -0.2) is 36.1 Å². The molecule has 0 unspecified atom stereocenters. The molecular formula is C22H22F2N6O2. The van der Waals surface area contributed by atoms with Crippen molar-refractivity contribution in [3.63, 3.8) is 0 Å². The summed E-state index contributed by atoms with van der Waals surface area (Å²) >= 11 is 0. The number of nitrogens with zero attached hydrogens (tertiary/aromatic N) is 5. The molecule has 3 heterocycles. The molecule has 0 aliphatic heterocycles. The van der Waals surface area contributed by atoms with Crippen molar-refractivity contribution >= 4 is 11.6 Å². The van der Waals surface area contributed by atoms with Crippen LogP contribution in [0.15, 0.2) is 43.0 Å². The number of amides is 1. The van der Waals surface area contributed by atoms with Gasteiger partial charge in [0.1, 0.15) is 5.60 Å². The first kappa shape index (κ1) is 21.4. The lowest BCUT2D eigenvalue weighted by molar-refractivity contribution is 0.0523. The predicted molar refractivity (Wildman–Crippen MR) is 114 cm³/mol. The summed E-state index contributed by atoms with van der Waals surface area (Å²) in [5, 5.41) is 10.8. The van der Waals surface area contributed by atoms with Gasteiger partial charge < -0.3 is 10.1 Å². The number of carbonyl (C=O) groups excluding carboxylic acids is 1. The van der Waals surface area contributed by atoms with Gasteiger partial charge in [-0.1, -0.05) is 6.07 Å². The number of nitrogens with one attached hydrogen (secondary N) is 1. The monoisotopic (exact) mass is 440 g/mol. The molecule has 0 aliphatic rings. The first-order chi connectivity index (χ1) is 15.1. The van der Waals surface area contributed by atoms with E-state index in [2.05, 4.69) is 20.5 Å². The summed E-state index contributed by atoms with van der Waals surface area (Å²) in [6.45, 7) is 4.92. The summed E-state index contributed by atoms with van der Waals surface area (Å²) in [6, 6.07) is 4.52. The molecule has 1 amide bonds. The molecule has 4 rings (SSSR count). The Morgan fingerprint density at radius 2 is 1.91 bits per heavy atom. The Labute approximate surface area is 182 Å². The molecule has 0 saturated heterocycles. The van der Waals surface area contributed by atoms with E-state index >= 15 is 4.39 Å². The summed E-state index contributed by atoms with van der Waals surface area (Å²) in [7, 11) is 1.77. The van der Waals surface area contributed by atoms with Gasteiger partial charge in [0.15, 0.2) is 11.6 Å². The molecule has 4 aromatic rings. The molecule has 0 bridgehead atoms. The number of benzene rings is 1. The highest BCUT2D eigenvalue weighted by molar-refractivity contribution is 5.79. The molecule has 1 aromatic carbocycles. The molecule has 1 N–H and O–H groups in total. The van der Waals surface area contributed by atoms with Crippen molar-refractivity contribution in [1.82, 2.24) is 29.7 Å². The van der Waals surface area contributed by atoms with Crippen molar-refractivity contribution in [2.24, 2.45) is 7.05 Å². The molecular weight excluding hydrogens is 418 g/mol. The highest BCUT2D eigenvalue weighted by Gasteiger charge is 2.21. The average molecular weight is 440 g/mol. The Morgan fingerprint density at radius 1 is 1.12 bits per heavy atom. The molecule has 0 saturated carbocycles. The number of halogens is 2. The summed E-state index contributed by atoms with van der Waals surface area (Å²) in [5.41, 5.74) is 1.27. The minimum absolute atomic E-state index is 0.00921. The SMILES string of the molecule is Cn1cc(-c2cn3nccc3c(-c3ccc(CNC(=O)OC(C)(C)C)c(F)c3F)n2)cn1. The number of fused-ring (bicyclic) bond motifs is 1. The Bertz CT molecular complexity index is 1310. The number of hydrogen-bond donors (Lipinski definition) is 1. The second-order valence-corrected chi connectivity index (χ2v) is 8.29. The van der Waals surface area contributed by atoms with E-state index in [0.717, 1.165) is 0 Å². The van der Waals surface area contributed by atoms with Gasteiger partial charge in [0.2, 0.25) is 0 Å². The van der Waals surface area contributed by atoms with Crippen LogP contribution in [0.25, 0.3) is 28.0 Å². The third kappa shape index (κ3) is 4.29. The van der Waals surface area contributed by atoms with Gasteiger partial charge in [0, 0.05) is 36.5 Å². The Balaban J connectivity index is 1.69. The van der Waals surface area contributed by atoms with Crippen molar-refractivity contribution in [3.05, 3.63) is 60.2 Å². The average Bonchev–Trinajstić information content (AvgIpc) is 3.36. The van der Waals surface area contributed by atoms with Gasteiger partial charge in [-0.2, -0.15) is 10.2 Å². The van der Waals surface area contributed by atoms with Gasteiger partial charge in [0.25, 0.3) is 0 Å². The van der Waals surface area contributed by atoms with Crippen molar-refractivity contribution in [2.75, 3.05) is 0 Å². The predicted octanol–water partition coefficient (Wildman–Crippen LogP) is 4.10. The lowest BCUT2D eigenvalue weighted by atomic mass is 10.1. The normalized spacial score (nSPS) is 11.7. The number of alkyl carbamates (subject to hydrolysis) is 1. The van der Waals surface area contributed by atoms with Crippen LogP contribution in [0.4, 0.5) is 13.6 Å². The minimum Gasteiger partial charge on any atom is -0.444 e. The second kappa shape index (κ2) is 8.03. The number of aromatic nitrogens is 5. The number of rotatable bonds is 4. The summed E-state index contributed by atoms with van der Waals surface area (Å²) < 4.78 is 38.3. The van der Waals surface area contributed by atoms with E-state index in [1.807, 2.05) is 0 Å². The lowest BCUT2D eigenvalue weighted by Crippen LogP contribution is -2.32. The summed E-state index contributed by atoms with van der Waals surface area (Å²) in [6.07, 6.45) is 5.94. The fourth-order valence-electron chi connectivity index (χ4n) is 3.21.